The van der Waals surface area contributed by atoms with E-state index in [0.29, 0.717) is 23.4 Å². The zero-order valence-corrected chi connectivity index (χ0v) is 19.4. The highest BCUT2D eigenvalue weighted by atomic mass is 79.9. The molecule has 158 valence electrons. The minimum atomic E-state index is -1.91. The molecule has 0 spiro atoms. The van der Waals surface area contributed by atoms with Gasteiger partial charge in [-0.3, -0.25) is 9.59 Å². The first-order valence-electron chi connectivity index (χ1n) is 10.2. The van der Waals surface area contributed by atoms with Crippen LogP contribution in [-0.4, -0.2) is 16.8 Å². The van der Waals surface area contributed by atoms with Crippen molar-refractivity contribution >= 4 is 33.3 Å². The van der Waals surface area contributed by atoms with Crippen molar-refractivity contribution < 1.29 is 14.7 Å². The Hall–Kier alpha value is -2.76. The number of aryl methyl sites for hydroxylation is 3. The first kappa shape index (κ1) is 21.5. The Bertz CT molecular complexity index is 1170. The highest BCUT2D eigenvalue weighted by molar-refractivity contribution is 9.10. The van der Waals surface area contributed by atoms with E-state index in [1.54, 1.807) is 11.0 Å². The molecule has 1 aliphatic heterocycles. The summed E-state index contributed by atoms with van der Waals surface area (Å²) in [6.45, 7) is 6.09. The molecule has 5 heteroatoms. The summed E-state index contributed by atoms with van der Waals surface area (Å²) in [7, 11) is 0. The molecule has 3 aromatic rings. The van der Waals surface area contributed by atoms with Crippen LogP contribution < -0.4 is 4.90 Å². The van der Waals surface area contributed by atoms with E-state index in [-0.39, 0.29) is 12.2 Å². The maximum atomic E-state index is 13.5. The Morgan fingerprint density at radius 3 is 2.29 bits per heavy atom. The lowest BCUT2D eigenvalue weighted by Crippen LogP contribution is -2.41. The van der Waals surface area contributed by atoms with E-state index < -0.39 is 11.5 Å². The molecule has 1 atom stereocenters. The van der Waals surface area contributed by atoms with Gasteiger partial charge in [-0.1, -0.05) is 64.0 Å². The monoisotopic (exact) mass is 477 g/mol. The van der Waals surface area contributed by atoms with Crippen molar-refractivity contribution in [2.45, 2.75) is 39.3 Å². The van der Waals surface area contributed by atoms with E-state index in [2.05, 4.69) is 15.9 Å². The molecule has 0 aromatic heterocycles. The number of anilines is 1. The van der Waals surface area contributed by atoms with Crippen LogP contribution in [0.15, 0.2) is 65.1 Å². The lowest BCUT2D eigenvalue weighted by atomic mass is 9.85. The summed E-state index contributed by atoms with van der Waals surface area (Å²) in [6, 6.07) is 18.9. The molecule has 1 heterocycles. The van der Waals surface area contributed by atoms with Crippen molar-refractivity contribution in [3.05, 3.63) is 98.5 Å². The van der Waals surface area contributed by atoms with Gasteiger partial charge in [0.15, 0.2) is 11.4 Å². The third-order valence-electron chi connectivity index (χ3n) is 5.85. The van der Waals surface area contributed by atoms with E-state index in [9.17, 15) is 14.7 Å². The number of aliphatic hydroxyl groups is 1. The third kappa shape index (κ3) is 3.84. The Labute approximate surface area is 190 Å². The lowest BCUT2D eigenvalue weighted by molar-refractivity contribution is -0.136. The maximum absolute atomic E-state index is 13.5. The molecule has 0 aliphatic carbocycles. The number of hydrogen-bond acceptors (Lipinski definition) is 3. The van der Waals surface area contributed by atoms with E-state index in [4.69, 9.17) is 0 Å². The average Bonchev–Trinajstić information content (AvgIpc) is 2.89. The van der Waals surface area contributed by atoms with Gasteiger partial charge in [0.1, 0.15) is 0 Å². The molecule has 4 nitrogen and oxygen atoms in total. The summed E-state index contributed by atoms with van der Waals surface area (Å²) in [6.07, 6.45) is -0.300. The van der Waals surface area contributed by atoms with Crippen molar-refractivity contribution in [1.82, 2.24) is 0 Å². The van der Waals surface area contributed by atoms with Gasteiger partial charge < -0.3 is 10.0 Å². The Kier molecular flexibility index (Phi) is 5.58. The number of halogens is 1. The maximum Gasteiger partial charge on any atom is 0.264 e. The van der Waals surface area contributed by atoms with E-state index in [1.165, 1.54) is 0 Å². The number of fused-ring (bicyclic) bond motifs is 1. The summed E-state index contributed by atoms with van der Waals surface area (Å²) in [5, 5.41) is 11.6. The van der Waals surface area contributed by atoms with Gasteiger partial charge in [-0.15, -0.1) is 0 Å². The molecule has 0 saturated heterocycles. The van der Waals surface area contributed by atoms with E-state index in [1.807, 2.05) is 75.4 Å². The standard InChI is InChI=1S/C26H24BrNO3/c1-16-11-17(2)24(18(3)12-16)23(29)14-26(31)21-13-20(27)9-10-22(21)28(25(26)30)15-19-7-5-4-6-8-19/h4-13,31H,14-15H2,1-3H3. The predicted molar refractivity (Wildman–Crippen MR) is 125 cm³/mol. The fourth-order valence-electron chi connectivity index (χ4n) is 4.56. The zero-order chi connectivity index (χ0) is 22.3. The Morgan fingerprint density at radius 1 is 1.00 bits per heavy atom. The molecular formula is C26H24BrNO3. The van der Waals surface area contributed by atoms with Crippen molar-refractivity contribution in [3.63, 3.8) is 0 Å². The third-order valence-corrected chi connectivity index (χ3v) is 6.34. The number of carbonyl (C=O) groups is 2. The normalized spacial score (nSPS) is 17.7. The highest BCUT2D eigenvalue weighted by Crippen LogP contribution is 2.45. The van der Waals surface area contributed by atoms with Gasteiger partial charge in [-0.25, -0.2) is 0 Å². The highest BCUT2D eigenvalue weighted by Gasteiger charge is 2.51. The summed E-state index contributed by atoms with van der Waals surface area (Å²) in [4.78, 5) is 28.4. The molecule has 31 heavy (non-hydrogen) atoms. The van der Waals surface area contributed by atoms with E-state index in [0.717, 1.165) is 26.7 Å². The van der Waals surface area contributed by atoms with Crippen LogP contribution in [0.4, 0.5) is 5.69 Å². The number of rotatable bonds is 5. The average molecular weight is 478 g/mol. The minimum absolute atomic E-state index is 0.238. The number of hydrogen-bond donors (Lipinski definition) is 1. The number of amides is 1. The minimum Gasteiger partial charge on any atom is -0.375 e. The first-order valence-corrected chi connectivity index (χ1v) is 11.0. The fourth-order valence-corrected chi connectivity index (χ4v) is 4.92. The number of nitrogens with zero attached hydrogens (tertiary/aromatic N) is 1. The zero-order valence-electron chi connectivity index (χ0n) is 17.8. The van der Waals surface area contributed by atoms with Gasteiger partial charge in [0, 0.05) is 15.6 Å². The molecule has 0 bridgehead atoms. The number of benzene rings is 3. The summed E-state index contributed by atoms with van der Waals surface area (Å²) in [5.74, 6) is -0.710. The molecule has 0 fully saturated rings. The second-order valence-electron chi connectivity index (χ2n) is 8.27. The van der Waals surface area contributed by atoms with Crippen LogP contribution in [0.3, 0.4) is 0 Å². The molecule has 0 saturated carbocycles. The van der Waals surface area contributed by atoms with Crippen LogP contribution >= 0.6 is 15.9 Å². The second kappa shape index (κ2) is 8.06. The van der Waals surface area contributed by atoms with Crippen LogP contribution in [0.5, 0.6) is 0 Å². The van der Waals surface area contributed by atoms with Crippen LogP contribution in [0.25, 0.3) is 0 Å². The fraction of sp³-hybridized carbons (Fsp3) is 0.231. The SMILES string of the molecule is Cc1cc(C)c(C(=O)CC2(O)C(=O)N(Cc3ccccc3)c3ccc(Br)cc32)c(C)c1. The molecule has 0 radical (unpaired) electrons. The van der Waals surface area contributed by atoms with Gasteiger partial charge in [-0.2, -0.15) is 0 Å². The lowest BCUT2D eigenvalue weighted by Gasteiger charge is -2.23. The number of carbonyl (C=O) groups excluding carboxylic acids is 2. The quantitative estimate of drug-likeness (QED) is 0.501. The predicted octanol–water partition coefficient (Wildman–Crippen LogP) is 5.38. The second-order valence-corrected chi connectivity index (χ2v) is 9.19. The summed E-state index contributed by atoms with van der Waals surface area (Å²) in [5.41, 5.74) is 3.48. The molecule has 3 aromatic carbocycles. The van der Waals surface area contributed by atoms with Crippen LogP contribution in [-0.2, 0) is 16.9 Å². The van der Waals surface area contributed by atoms with Gasteiger partial charge >= 0.3 is 0 Å². The largest absolute Gasteiger partial charge is 0.375 e. The molecule has 1 unspecified atom stereocenters. The number of Topliss-reactive ketones (excluding diaryl/α,β-unsaturated/α-hetero) is 1. The van der Waals surface area contributed by atoms with Crippen molar-refractivity contribution in [3.8, 4) is 0 Å². The summed E-state index contributed by atoms with van der Waals surface area (Å²) >= 11 is 3.44. The van der Waals surface area contributed by atoms with E-state index >= 15 is 0 Å². The van der Waals surface area contributed by atoms with Crippen LogP contribution in [0.1, 0.15) is 44.6 Å². The number of ketones is 1. The molecule has 1 amide bonds. The molecule has 1 aliphatic rings. The van der Waals surface area contributed by atoms with Gasteiger partial charge in [0.2, 0.25) is 0 Å². The van der Waals surface area contributed by atoms with Crippen LogP contribution in [0, 0.1) is 20.8 Å². The van der Waals surface area contributed by atoms with Crippen molar-refractivity contribution in [1.29, 1.82) is 0 Å². The molecule has 4 rings (SSSR count). The van der Waals surface area contributed by atoms with Gasteiger partial charge in [0.05, 0.1) is 18.7 Å². The summed E-state index contributed by atoms with van der Waals surface area (Å²) < 4.78 is 0.745. The molecule has 1 N–H and O–H groups in total. The van der Waals surface area contributed by atoms with Crippen LogP contribution in [0.2, 0.25) is 0 Å². The Morgan fingerprint density at radius 2 is 1.65 bits per heavy atom. The van der Waals surface area contributed by atoms with Crippen molar-refractivity contribution in [2.24, 2.45) is 0 Å². The topological polar surface area (TPSA) is 57.6 Å². The van der Waals surface area contributed by atoms with Crippen molar-refractivity contribution in [2.75, 3.05) is 4.90 Å². The smallest absolute Gasteiger partial charge is 0.264 e. The first-order chi connectivity index (χ1) is 14.7. The molecular weight excluding hydrogens is 454 g/mol. The van der Waals surface area contributed by atoms with Gasteiger partial charge in [0.25, 0.3) is 5.91 Å². The van der Waals surface area contributed by atoms with Gasteiger partial charge in [-0.05, 0) is 55.7 Å². The Balaban J connectivity index is 1.74.